The van der Waals surface area contributed by atoms with E-state index in [1.165, 1.54) is 36.9 Å². The number of hydrogen-bond acceptors (Lipinski definition) is 4. The van der Waals surface area contributed by atoms with Crippen LogP contribution in [0.15, 0.2) is 0 Å². The molecule has 1 amide bonds. The Hall–Kier alpha value is -1.69. The molecule has 3 aliphatic rings. The first-order valence-corrected chi connectivity index (χ1v) is 11.7. The van der Waals surface area contributed by atoms with Crippen molar-refractivity contribution in [3.05, 3.63) is 17.0 Å². The summed E-state index contributed by atoms with van der Waals surface area (Å²) in [6.07, 6.45) is 10.6. The highest BCUT2D eigenvalue weighted by molar-refractivity contribution is 5.94. The number of fused-ring (bicyclic) bond motifs is 1. The van der Waals surface area contributed by atoms with Crippen LogP contribution in [-0.2, 0) is 24.2 Å². The van der Waals surface area contributed by atoms with Gasteiger partial charge in [-0.3, -0.25) is 9.48 Å². The number of rotatable bonds is 6. The van der Waals surface area contributed by atoms with Crippen LogP contribution in [-0.4, -0.2) is 52.5 Å². The van der Waals surface area contributed by atoms with Crippen molar-refractivity contribution < 1.29 is 9.59 Å². The summed E-state index contributed by atoms with van der Waals surface area (Å²) in [4.78, 5) is 26.7. The average Bonchev–Trinajstić information content (AvgIpc) is 3.11. The second kappa shape index (κ2) is 9.41. The van der Waals surface area contributed by atoms with E-state index >= 15 is 0 Å². The third kappa shape index (κ3) is 4.90. The van der Waals surface area contributed by atoms with Crippen LogP contribution in [0.1, 0.15) is 80.0 Å². The minimum absolute atomic E-state index is 0.116. The maximum Gasteiger partial charge on any atom is 0.274 e. The summed E-state index contributed by atoms with van der Waals surface area (Å²) >= 11 is 0. The molecule has 2 aliphatic heterocycles. The van der Waals surface area contributed by atoms with E-state index in [-0.39, 0.29) is 11.7 Å². The van der Waals surface area contributed by atoms with Gasteiger partial charge in [-0.05, 0) is 89.6 Å². The van der Waals surface area contributed by atoms with Gasteiger partial charge in [0.05, 0.1) is 0 Å². The number of aromatic nitrogens is 2. The van der Waals surface area contributed by atoms with Crippen LogP contribution in [0, 0.1) is 11.8 Å². The number of likely N-dealkylation sites (tertiary alicyclic amines) is 1. The zero-order valence-corrected chi connectivity index (χ0v) is 17.9. The number of carbonyl (C=O) groups excluding carboxylic acids is 2. The van der Waals surface area contributed by atoms with Crippen molar-refractivity contribution in [2.45, 2.75) is 77.7 Å². The summed E-state index contributed by atoms with van der Waals surface area (Å²) in [5, 5.41) is 8.31. The molecule has 1 N–H and O–H groups in total. The molecule has 6 nitrogen and oxygen atoms in total. The number of Topliss-reactive ketones (excluding diaryl/α,β-unsaturated/α-hetero) is 1. The Morgan fingerprint density at radius 3 is 2.48 bits per heavy atom. The minimum atomic E-state index is 0.116. The van der Waals surface area contributed by atoms with Crippen molar-refractivity contribution in [3.8, 4) is 0 Å². The van der Waals surface area contributed by atoms with Crippen LogP contribution >= 0.6 is 0 Å². The highest BCUT2D eigenvalue weighted by Crippen LogP contribution is 2.28. The van der Waals surface area contributed by atoms with Gasteiger partial charge < -0.3 is 15.0 Å². The number of hydrogen-bond donors (Lipinski definition) is 1. The zero-order chi connectivity index (χ0) is 20.2. The van der Waals surface area contributed by atoms with E-state index in [1.54, 1.807) is 6.92 Å². The van der Waals surface area contributed by atoms with Gasteiger partial charge in [-0.1, -0.05) is 0 Å². The van der Waals surface area contributed by atoms with Gasteiger partial charge in [-0.2, -0.15) is 5.10 Å². The molecule has 0 unspecified atom stereocenters. The molecule has 1 aromatic heterocycles. The van der Waals surface area contributed by atoms with Crippen molar-refractivity contribution >= 4 is 11.7 Å². The van der Waals surface area contributed by atoms with E-state index in [2.05, 4.69) is 10.00 Å². The van der Waals surface area contributed by atoms with E-state index in [0.717, 1.165) is 76.4 Å². The number of nitrogens with zero attached hydrogens (tertiary/aromatic N) is 3. The molecule has 1 aliphatic carbocycles. The van der Waals surface area contributed by atoms with E-state index in [4.69, 9.17) is 5.10 Å². The lowest BCUT2D eigenvalue weighted by molar-refractivity contribution is -0.118. The molecule has 160 valence electrons. The van der Waals surface area contributed by atoms with Gasteiger partial charge in [-0.25, -0.2) is 0 Å². The normalized spacial score (nSPS) is 21.2. The molecular formula is C23H36N4O2. The van der Waals surface area contributed by atoms with Gasteiger partial charge >= 0.3 is 0 Å². The number of aryl methyl sites for hydroxylation is 1. The quantitative estimate of drug-likeness (QED) is 0.797. The molecule has 4 rings (SSSR count). The predicted molar refractivity (Wildman–Crippen MR) is 113 cm³/mol. The lowest BCUT2D eigenvalue weighted by Gasteiger charge is -2.31. The van der Waals surface area contributed by atoms with Crippen LogP contribution in [0.2, 0.25) is 0 Å². The number of carbonyl (C=O) groups is 2. The topological polar surface area (TPSA) is 67.2 Å². The minimum Gasteiger partial charge on any atom is -0.337 e. The number of nitrogens with one attached hydrogen (secondary N) is 1. The molecule has 3 heterocycles. The number of amides is 1. The molecule has 0 spiro atoms. The average molecular weight is 401 g/mol. The largest absolute Gasteiger partial charge is 0.337 e. The van der Waals surface area contributed by atoms with Gasteiger partial charge in [-0.15, -0.1) is 0 Å². The first kappa shape index (κ1) is 20.6. The molecule has 6 heteroatoms. The van der Waals surface area contributed by atoms with E-state index in [9.17, 15) is 9.59 Å². The summed E-state index contributed by atoms with van der Waals surface area (Å²) in [6.45, 7) is 6.39. The maximum absolute atomic E-state index is 13.3. The smallest absolute Gasteiger partial charge is 0.274 e. The SMILES string of the molecule is CC(=O)CC1CCN(C(=O)c2nn(CCC3CCNCC3)c3c2CCCC3)CC1. The fourth-order valence-electron chi connectivity index (χ4n) is 5.40. The molecule has 0 atom stereocenters. The van der Waals surface area contributed by atoms with E-state index in [0.29, 0.717) is 12.3 Å². The standard InChI is InChI=1S/C23H36N4O2/c1-17(28)16-19-8-13-26(14-9-19)23(29)22-20-4-2-3-5-21(20)27(25-22)15-10-18-6-11-24-12-7-18/h18-19,24H,2-16H2,1H3. The molecular weight excluding hydrogens is 364 g/mol. The van der Waals surface area contributed by atoms with Crippen molar-refractivity contribution in [3.63, 3.8) is 0 Å². The lowest BCUT2D eigenvalue weighted by atomic mass is 9.91. The molecule has 29 heavy (non-hydrogen) atoms. The maximum atomic E-state index is 13.3. The summed E-state index contributed by atoms with van der Waals surface area (Å²) in [5.74, 6) is 1.59. The number of piperidine rings is 2. The fraction of sp³-hybridized carbons (Fsp3) is 0.783. The zero-order valence-electron chi connectivity index (χ0n) is 17.9. The molecule has 1 aromatic rings. The van der Waals surface area contributed by atoms with Gasteiger partial charge in [0.1, 0.15) is 5.78 Å². The van der Waals surface area contributed by atoms with Gasteiger partial charge in [0.15, 0.2) is 5.69 Å². The number of ketones is 1. The Morgan fingerprint density at radius 2 is 1.76 bits per heavy atom. The summed E-state index contributed by atoms with van der Waals surface area (Å²) in [6, 6.07) is 0. The van der Waals surface area contributed by atoms with Crippen molar-refractivity contribution in [1.82, 2.24) is 20.0 Å². The Balaban J connectivity index is 1.43. The molecule has 0 radical (unpaired) electrons. The van der Waals surface area contributed by atoms with Crippen LogP contribution in [0.3, 0.4) is 0 Å². The monoisotopic (exact) mass is 400 g/mol. The van der Waals surface area contributed by atoms with Crippen LogP contribution in [0.4, 0.5) is 0 Å². The third-order valence-electron chi connectivity index (χ3n) is 7.15. The Labute approximate surface area is 174 Å². The fourth-order valence-corrected chi connectivity index (χ4v) is 5.40. The van der Waals surface area contributed by atoms with Crippen molar-refractivity contribution in [2.24, 2.45) is 11.8 Å². The molecule has 0 aromatic carbocycles. The van der Waals surface area contributed by atoms with Crippen molar-refractivity contribution in [1.29, 1.82) is 0 Å². The molecule has 2 saturated heterocycles. The van der Waals surface area contributed by atoms with E-state index in [1.807, 2.05) is 4.90 Å². The van der Waals surface area contributed by atoms with Gasteiger partial charge in [0.2, 0.25) is 0 Å². The summed E-state index contributed by atoms with van der Waals surface area (Å²) in [7, 11) is 0. The Bertz CT molecular complexity index is 727. The van der Waals surface area contributed by atoms with Crippen LogP contribution < -0.4 is 5.32 Å². The van der Waals surface area contributed by atoms with E-state index < -0.39 is 0 Å². The summed E-state index contributed by atoms with van der Waals surface area (Å²) < 4.78 is 2.17. The predicted octanol–water partition coefficient (Wildman–Crippen LogP) is 2.98. The highest BCUT2D eigenvalue weighted by Gasteiger charge is 2.30. The molecule has 0 bridgehead atoms. The first-order valence-electron chi connectivity index (χ1n) is 11.7. The van der Waals surface area contributed by atoms with Crippen LogP contribution in [0.5, 0.6) is 0 Å². The second-order valence-electron chi connectivity index (χ2n) is 9.33. The second-order valence-corrected chi connectivity index (χ2v) is 9.33. The van der Waals surface area contributed by atoms with Gasteiger partial charge in [0.25, 0.3) is 5.91 Å². The van der Waals surface area contributed by atoms with Crippen molar-refractivity contribution in [2.75, 3.05) is 26.2 Å². The van der Waals surface area contributed by atoms with Gasteiger partial charge in [0, 0.05) is 37.3 Å². The lowest BCUT2D eigenvalue weighted by Crippen LogP contribution is -2.39. The summed E-state index contributed by atoms with van der Waals surface area (Å²) in [5.41, 5.74) is 3.26. The Morgan fingerprint density at radius 1 is 1.03 bits per heavy atom. The highest BCUT2D eigenvalue weighted by atomic mass is 16.2. The Kier molecular flexibility index (Phi) is 6.68. The van der Waals surface area contributed by atoms with Crippen LogP contribution in [0.25, 0.3) is 0 Å². The third-order valence-corrected chi connectivity index (χ3v) is 7.15. The molecule has 2 fully saturated rings. The molecule has 0 saturated carbocycles. The first-order chi connectivity index (χ1) is 14.1.